The highest BCUT2D eigenvalue weighted by atomic mass is 16.2. The van der Waals surface area contributed by atoms with Gasteiger partial charge in [-0.1, -0.05) is 0 Å². The number of carbonyl (C=O) groups excluding carboxylic acids is 1. The van der Waals surface area contributed by atoms with E-state index in [1.807, 2.05) is 23.9 Å². The van der Waals surface area contributed by atoms with Gasteiger partial charge < -0.3 is 10.6 Å². The van der Waals surface area contributed by atoms with Crippen molar-refractivity contribution in [3.8, 4) is 0 Å². The number of aromatic nitrogens is 2. The van der Waals surface area contributed by atoms with Crippen molar-refractivity contribution in [2.24, 2.45) is 17.8 Å². The maximum Gasteiger partial charge on any atom is 0.315 e. The Morgan fingerprint density at radius 1 is 1.26 bits per heavy atom. The smallest absolute Gasteiger partial charge is 0.315 e. The van der Waals surface area contributed by atoms with E-state index in [0.29, 0.717) is 6.54 Å². The molecule has 126 valence electrons. The fourth-order valence-electron chi connectivity index (χ4n) is 5.58. The minimum atomic E-state index is 0.0311. The molecule has 4 fully saturated rings. The number of rotatable bonds is 5. The molecule has 4 bridgehead atoms. The van der Waals surface area contributed by atoms with Crippen LogP contribution in [0.3, 0.4) is 0 Å². The molecule has 0 aromatic carbocycles. The first-order valence-corrected chi connectivity index (χ1v) is 9.16. The van der Waals surface area contributed by atoms with Crippen LogP contribution in [0.1, 0.15) is 50.6 Å². The number of hydrogen-bond acceptors (Lipinski definition) is 2. The summed E-state index contributed by atoms with van der Waals surface area (Å²) >= 11 is 0. The van der Waals surface area contributed by atoms with Crippen LogP contribution >= 0.6 is 0 Å². The Hall–Kier alpha value is -1.52. The molecule has 0 saturated heterocycles. The summed E-state index contributed by atoms with van der Waals surface area (Å²) in [4.78, 5) is 12.3. The Morgan fingerprint density at radius 2 is 1.91 bits per heavy atom. The molecule has 0 aliphatic heterocycles. The van der Waals surface area contributed by atoms with E-state index in [4.69, 9.17) is 0 Å². The van der Waals surface area contributed by atoms with Crippen LogP contribution in [0.2, 0.25) is 0 Å². The Bertz CT molecular complexity index is 544. The third-order valence-corrected chi connectivity index (χ3v) is 6.04. The zero-order valence-electron chi connectivity index (χ0n) is 14.1. The van der Waals surface area contributed by atoms with Crippen LogP contribution in [-0.2, 0) is 6.54 Å². The molecule has 5 rings (SSSR count). The molecule has 1 aromatic rings. The molecule has 4 saturated carbocycles. The number of carbonyl (C=O) groups is 1. The van der Waals surface area contributed by atoms with E-state index < -0.39 is 0 Å². The van der Waals surface area contributed by atoms with E-state index in [1.165, 1.54) is 38.5 Å². The van der Waals surface area contributed by atoms with Gasteiger partial charge in [-0.2, -0.15) is 5.10 Å². The standard InChI is InChI=1S/C18H28N4O/c1-13-3-6-22(21-13)5-2-4-19-17(23)20-18-10-14-7-15(11-18)9-16(8-14)12-18/h3,6,14-16H,2,4-5,7-12H2,1H3,(H2,19,20,23). The summed E-state index contributed by atoms with van der Waals surface area (Å²) < 4.78 is 1.94. The Balaban J connectivity index is 1.23. The number of urea groups is 1. The van der Waals surface area contributed by atoms with Gasteiger partial charge in [0.25, 0.3) is 0 Å². The Labute approximate surface area is 138 Å². The van der Waals surface area contributed by atoms with Crippen molar-refractivity contribution >= 4 is 6.03 Å². The average Bonchev–Trinajstić information content (AvgIpc) is 2.87. The van der Waals surface area contributed by atoms with Crippen LogP contribution in [0.5, 0.6) is 0 Å². The Kier molecular flexibility index (Phi) is 3.82. The molecule has 0 atom stereocenters. The molecule has 0 unspecified atom stereocenters. The molecule has 0 radical (unpaired) electrons. The third-order valence-electron chi connectivity index (χ3n) is 6.04. The number of nitrogens with one attached hydrogen (secondary N) is 2. The lowest BCUT2D eigenvalue weighted by Gasteiger charge is -2.56. The van der Waals surface area contributed by atoms with E-state index in [1.54, 1.807) is 0 Å². The highest BCUT2D eigenvalue weighted by Gasteiger charge is 2.51. The summed E-state index contributed by atoms with van der Waals surface area (Å²) in [7, 11) is 0. The van der Waals surface area contributed by atoms with Crippen LogP contribution in [0, 0.1) is 24.7 Å². The first kappa shape index (κ1) is 15.0. The lowest BCUT2D eigenvalue weighted by Crippen LogP contribution is -2.61. The monoisotopic (exact) mass is 316 g/mol. The summed E-state index contributed by atoms with van der Waals surface area (Å²) in [6, 6.07) is 2.04. The van der Waals surface area contributed by atoms with Gasteiger partial charge in [0.05, 0.1) is 5.69 Å². The van der Waals surface area contributed by atoms with Gasteiger partial charge in [0, 0.05) is 24.8 Å². The van der Waals surface area contributed by atoms with Gasteiger partial charge in [-0.15, -0.1) is 0 Å². The molecule has 5 heteroatoms. The number of amides is 2. The second-order valence-electron chi connectivity index (χ2n) is 8.15. The van der Waals surface area contributed by atoms with Gasteiger partial charge in [-0.3, -0.25) is 4.68 Å². The van der Waals surface area contributed by atoms with Crippen LogP contribution in [-0.4, -0.2) is 27.9 Å². The number of aryl methyl sites for hydroxylation is 2. The lowest BCUT2D eigenvalue weighted by molar-refractivity contribution is -0.0135. The maximum absolute atomic E-state index is 12.3. The van der Waals surface area contributed by atoms with Gasteiger partial charge in [-0.05, 0) is 75.7 Å². The highest BCUT2D eigenvalue weighted by molar-refractivity contribution is 5.74. The van der Waals surface area contributed by atoms with E-state index in [-0.39, 0.29) is 11.6 Å². The minimum Gasteiger partial charge on any atom is -0.338 e. The van der Waals surface area contributed by atoms with Crippen molar-refractivity contribution in [2.45, 2.75) is 64.0 Å². The van der Waals surface area contributed by atoms with Crippen molar-refractivity contribution in [3.05, 3.63) is 18.0 Å². The zero-order chi connectivity index (χ0) is 15.9. The van der Waals surface area contributed by atoms with E-state index in [2.05, 4.69) is 15.7 Å². The Morgan fingerprint density at radius 3 is 2.48 bits per heavy atom. The van der Waals surface area contributed by atoms with Gasteiger partial charge in [0.1, 0.15) is 0 Å². The molecule has 1 heterocycles. The number of nitrogens with zero attached hydrogens (tertiary/aromatic N) is 2. The first-order valence-electron chi connectivity index (χ1n) is 9.16. The summed E-state index contributed by atoms with van der Waals surface area (Å²) in [6.45, 7) is 3.55. The maximum atomic E-state index is 12.3. The van der Waals surface area contributed by atoms with Gasteiger partial charge in [0.15, 0.2) is 0 Å². The lowest BCUT2D eigenvalue weighted by atomic mass is 9.53. The second kappa shape index (κ2) is 5.84. The summed E-state index contributed by atoms with van der Waals surface area (Å²) in [5.74, 6) is 2.60. The molecule has 4 aliphatic carbocycles. The van der Waals surface area contributed by atoms with Crippen molar-refractivity contribution in [2.75, 3.05) is 6.54 Å². The molecule has 4 aliphatic rings. The molecule has 2 N–H and O–H groups in total. The normalized spacial score (nSPS) is 34.6. The van der Waals surface area contributed by atoms with E-state index in [9.17, 15) is 4.79 Å². The topological polar surface area (TPSA) is 59.0 Å². The summed E-state index contributed by atoms with van der Waals surface area (Å²) in [5, 5.41) is 10.8. The number of hydrogen-bond donors (Lipinski definition) is 2. The van der Waals surface area contributed by atoms with E-state index >= 15 is 0 Å². The molecular weight excluding hydrogens is 288 g/mol. The largest absolute Gasteiger partial charge is 0.338 e. The van der Waals surface area contributed by atoms with Crippen LogP contribution < -0.4 is 10.6 Å². The predicted molar refractivity (Wildman–Crippen MR) is 89.0 cm³/mol. The van der Waals surface area contributed by atoms with Crippen LogP contribution in [0.15, 0.2) is 12.3 Å². The first-order chi connectivity index (χ1) is 11.1. The van der Waals surface area contributed by atoms with Crippen molar-refractivity contribution in [1.29, 1.82) is 0 Å². The fourth-order valence-corrected chi connectivity index (χ4v) is 5.58. The summed E-state index contributed by atoms with van der Waals surface area (Å²) in [6.07, 6.45) is 10.8. The fraction of sp³-hybridized carbons (Fsp3) is 0.778. The van der Waals surface area contributed by atoms with Crippen molar-refractivity contribution in [1.82, 2.24) is 20.4 Å². The molecule has 1 aromatic heterocycles. The second-order valence-corrected chi connectivity index (χ2v) is 8.15. The molecule has 0 spiro atoms. The van der Waals surface area contributed by atoms with Crippen molar-refractivity contribution < 1.29 is 4.79 Å². The molecule has 5 nitrogen and oxygen atoms in total. The van der Waals surface area contributed by atoms with Gasteiger partial charge in [0.2, 0.25) is 0 Å². The SMILES string of the molecule is Cc1ccn(CCCNC(=O)NC23CC4CC(CC(C4)C2)C3)n1. The molecule has 2 amide bonds. The average molecular weight is 316 g/mol. The predicted octanol–water partition coefficient (Wildman–Crippen LogP) is 2.85. The minimum absolute atomic E-state index is 0.0311. The summed E-state index contributed by atoms with van der Waals surface area (Å²) in [5.41, 5.74) is 1.15. The third kappa shape index (κ3) is 3.24. The van der Waals surface area contributed by atoms with E-state index in [0.717, 1.165) is 36.4 Å². The highest BCUT2D eigenvalue weighted by Crippen LogP contribution is 2.55. The van der Waals surface area contributed by atoms with Gasteiger partial charge >= 0.3 is 6.03 Å². The quantitative estimate of drug-likeness (QED) is 0.821. The zero-order valence-corrected chi connectivity index (χ0v) is 14.1. The molecular formula is C18H28N4O. The van der Waals surface area contributed by atoms with Crippen molar-refractivity contribution in [3.63, 3.8) is 0 Å². The van der Waals surface area contributed by atoms with Gasteiger partial charge in [-0.25, -0.2) is 4.79 Å². The van der Waals surface area contributed by atoms with Crippen LogP contribution in [0.4, 0.5) is 4.79 Å². The molecule has 23 heavy (non-hydrogen) atoms. The van der Waals surface area contributed by atoms with Crippen LogP contribution in [0.25, 0.3) is 0 Å².